The van der Waals surface area contributed by atoms with Crippen molar-refractivity contribution in [2.45, 2.75) is 69.5 Å². The summed E-state index contributed by atoms with van der Waals surface area (Å²) in [5.41, 5.74) is 0. The van der Waals surface area contributed by atoms with Crippen molar-refractivity contribution in [3.8, 4) is 0 Å². The van der Waals surface area contributed by atoms with E-state index in [2.05, 4.69) is 12.2 Å². The summed E-state index contributed by atoms with van der Waals surface area (Å²) in [5.74, 6) is -1.27. The Hall–Kier alpha value is -0.770. The molecule has 0 aliphatic carbocycles. The van der Waals surface area contributed by atoms with Crippen LogP contribution in [0.3, 0.4) is 0 Å². The Morgan fingerprint density at radius 3 is 2.38 bits per heavy atom. The highest BCUT2D eigenvalue weighted by molar-refractivity contribution is 5.79. The number of carbonyl (C=O) groups excluding carboxylic acids is 1. The van der Waals surface area contributed by atoms with Gasteiger partial charge in [-0.2, -0.15) is 0 Å². The van der Waals surface area contributed by atoms with Crippen molar-refractivity contribution in [1.29, 1.82) is 0 Å². The van der Waals surface area contributed by atoms with Crippen LogP contribution < -0.4 is 5.32 Å². The van der Waals surface area contributed by atoms with Crippen molar-refractivity contribution in [1.82, 2.24) is 5.32 Å². The number of amides is 1. The second kappa shape index (κ2) is 11.0. The molecule has 0 aromatic heterocycles. The topological polar surface area (TPSA) is 139 Å². The summed E-state index contributed by atoms with van der Waals surface area (Å²) in [6.45, 7) is 1.74. The molecule has 142 valence electrons. The van der Waals surface area contributed by atoms with Crippen LogP contribution in [0.2, 0.25) is 0 Å². The van der Waals surface area contributed by atoms with Gasteiger partial charge in [-0.3, -0.25) is 4.79 Å². The van der Waals surface area contributed by atoms with E-state index in [-0.39, 0.29) is 18.9 Å². The summed E-state index contributed by atoms with van der Waals surface area (Å²) in [4.78, 5) is 12.4. The van der Waals surface area contributed by atoms with Gasteiger partial charge in [-0.1, -0.05) is 26.2 Å². The molecule has 1 saturated heterocycles. The highest BCUT2D eigenvalue weighted by Crippen LogP contribution is 2.27. The van der Waals surface area contributed by atoms with Crippen LogP contribution in [-0.2, 0) is 9.53 Å². The number of carbonyl (C=O) groups is 1. The van der Waals surface area contributed by atoms with Gasteiger partial charge in [0.15, 0.2) is 0 Å². The van der Waals surface area contributed by atoms with E-state index in [0.29, 0.717) is 6.54 Å². The summed E-state index contributed by atoms with van der Waals surface area (Å²) in [6, 6.07) is 0. The van der Waals surface area contributed by atoms with E-state index in [9.17, 15) is 30.3 Å². The zero-order valence-electron chi connectivity index (χ0n) is 14.2. The Labute approximate surface area is 142 Å². The molecule has 1 amide bonds. The normalized spacial score (nSPS) is 31.7. The first-order valence-electron chi connectivity index (χ1n) is 8.67. The molecule has 1 rings (SSSR count). The molecule has 6 atom stereocenters. The quantitative estimate of drug-likeness (QED) is 0.264. The first-order valence-corrected chi connectivity index (χ1v) is 8.67. The van der Waals surface area contributed by atoms with Crippen LogP contribution in [-0.4, -0.2) is 81.7 Å². The fourth-order valence-electron chi connectivity index (χ4n) is 2.94. The fourth-order valence-corrected chi connectivity index (χ4v) is 2.94. The zero-order valence-corrected chi connectivity index (χ0v) is 14.2. The zero-order chi connectivity index (χ0) is 18.1. The maximum Gasteiger partial charge on any atom is 0.225 e. The summed E-state index contributed by atoms with van der Waals surface area (Å²) in [6.07, 6.45) is -2.59. The van der Waals surface area contributed by atoms with Gasteiger partial charge in [-0.05, 0) is 12.8 Å². The predicted molar refractivity (Wildman–Crippen MR) is 86.1 cm³/mol. The van der Waals surface area contributed by atoms with E-state index in [1.54, 1.807) is 0 Å². The van der Waals surface area contributed by atoms with Crippen LogP contribution in [0, 0.1) is 5.92 Å². The molecule has 0 bridgehead atoms. The smallest absolute Gasteiger partial charge is 0.225 e. The number of hydrogen-bond donors (Lipinski definition) is 6. The lowest BCUT2D eigenvalue weighted by Crippen LogP contribution is -2.62. The van der Waals surface area contributed by atoms with Gasteiger partial charge in [0, 0.05) is 13.2 Å². The van der Waals surface area contributed by atoms with Crippen LogP contribution in [0.15, 0.2) is 0 Å². The van der Waals surface area contributed by atoms with E-state index in [4.69, 9.17) is 4.74 Å². The van der Waals surface area contributed by atoms with E-state index < -0.39 is 43.0 Å². The average molecular weight is 349 g/mol. The minimum absolute atomic E-state index is 0.0451. The summed E-state index contributed by atoms with van der Waals surface area (Å²) >= 11 is 0. The lowest BCUT2D eigenvalue weighted by Gasteiger charge is -2.42. The van der Waals surface area contributed by atoms with E-state index in [1.807, 2.05) is 0 Å². The van der Waals surface area contributed by atoms with Gasteiger partial charge in [0.25, 0.3) is 0 Å². The molecule has 2 unspecified atom stereocenters. The molecule has 0 saturated carbocycles. The standard InChI is InChI=1S/C16H31NO7/c1-2-3-4-5-7-17-16(23)10(6-8-18)15-14(22)13(21)12(20)11(9-19)24-15/h10-15,18-22H,2-9H2,1H3,(H,17,23)/t10?,11-,12-,13+,14+,15?/m1/s1. The molecule has 24 heavy (non-hydrogen) atoms. The second-order valence-corrected chi connectivity index (χ2v) is 6.26. The van der Waals surface area contributed by atoms with Gasteiger partial charge in [-0.15, -0.1) is 0 Å². The Kier molecular flexibility index (Phi) is 9.72. The number of ether oxygens (including phenoxy) is 1. The summed E-state index contributed by atoms with van der Waals surface area (Å²) in [7, 11) is 0. The van der Waals surface area contributed by atoms with E-state index >= 15 is 0 Å². The number of aliphatic hydroxyl groups excluding tert-OH is 5. The van der Waals surface area contributed by atoms with Crippen LogP contribution in [0.25, 0.3) is 0 Å². The third kappa shape index (κ3) is 5.65. The van der Waals surface area contributed by atoms with E-state index in [0.717, 1.165) is 25.7 Å². The highest BCUT2D eigenvalue weighted by Gasteiger charge is 2.47. The van der Waals surface area contributed by atoms with Gasteiger partial charge in [0.2, 0.25) is 5.91 Å². The maximum absolute atomic E-state index is 12.4. The van der Waals surface area contributed by atoms with Gasteiger partial charge >= 0.3 is 0 Å². The molecule has 0 spiro atoms. The Balaban J connectivity index is 2.69. The maximum atomic E-state index is 12.4. The van der Waals surface area contributed by atoms with Crippen molar-refractivity contribution in [3.05, 3.63) is 0 Å². The molecule has 6 N–H and O–H groups in total. The third-order valence-electron chi connectivity index (χ3n) is 4.43. The minimum atomic E-state index is -1.53. The molecule has 1 heterocycles. The Morgan fingerprint density at radius 2 is 1.79 bits per heavy atom. The number of nitrogens with one attached hydrogen (secondary N) is 1. The average Bonchev–Trinajstić information content (AvgIpc) is 2.58. The van der Waals surface area contributed by atoms with Crippen molar-refractivity contribution >= 4 is 5.91 Å². The van der Waals surface area contributed by atoms with Gasteiger partial charge in [0.05, 0.1) is 18.6 Å². The van der Waals surface area contributed by atoms with Gasteiger partial charge in [-0.25, -0.2) is 0 Å². The fraction of sp³-hybridized carbons (Fsp3) is 0.938. The van der Waals surface area contributed by atoms with Gasteiger partial charge < -0.3 is 35.6 Å². The number of hydrogen-bond acceptors (Lipinski definition) is 7. The monoisotopic (exact) mass is 349 g/mol. The molecule has 1 aliphatic heterocycles. The Morgan fingerprint density at radius 1 is 1.08 bits per heavy atom. The third-order valence-corrected chi connectivity index (χ3v) is 4.43. The molecule has 0 aromatic carbocycles. The lowest BCUT2D eigenvalue weighted by molar-refractivity contribution is -0.240. The predicted octanol–water partition coefficient (Wildman–Crippen LogP) is -1.48. The SMILES string of the molecule is CCCCCCNC(=O)C(CCO)C1O[C@H](CO)[C@@H](O)[C@H](O)[C@@H]1O. The van der Waals surface area contributed by atoms with Gasteiger partial charge in [0.1, 0.15) is 24.4 Å². The van der Waals surface area contributed by atoms with Crippen LogP contribution in [0.1, 0.15) is 39.0 Å². The number of rotatable bonds is 10. The minimum Gasteiger partial charge on any atom is -0.396 e. The van der Waals surface area contributed by atoms with Crippen molar-refractivity contribution in [2.75, 3.05) is 19.8 Å². The van der Waals surface area contributed by atoms with Crippen molar-refractivity contribution < 1.29 is 35.1 Å². The summed E-state index contributed by atoms with van der Waals surface area (Å²) < 4.78 is 5.43. The molecule has 0 aromatic rings. The largest absolute Gasteiger partial charge is 0.396 e. The number of aliphatic hydroxyl groups is 5. The molecular formula is C16H31NO7. The van der Waals surface area contributed by atoms with Crippen molar-refractivity contribution in [2.24, 2.45) is 5.92 Å². The molecule has 0 radical (unpaired) electrons. The van der Waals surface area contributed by atoms with Crippen molar-refractivity contribution in [3.63, 3.8) is 0 Å². The molecular weight excluding hydrogens is 318 g/mol. The summed E-state index contributed by atoms with van der Waals surface area (Å²) in [5, 5.41) is 51.0. The first kappa shape index (κ1) is 21.3. The molecule has 1 aliphatic rings. The van der Waals surface area contributed by atoms with E-state index in [1.165, 1.54) is 0 Å². The lowest BCUT2D eigenvalue weighted by atomic mass is 9.85. The van der Waals surface area contributed by atoms with Crippen LogP contribution in [0.4, 0.5) is 0 Å². The Bertz CT molecular complexity index is 366. The highest BCUT2D eigenvalue weighted by atomic mass is 16.5. The molecule has 8 heteroatoms. The van der Waals surface area contributed by atoms with Crippen LogP contribution >= 0.6 is 0 Å². The molecule has 8 nitrogen and oxygen atoms in total. The molecule has 1 fully saturated rings. The first-order chi connectivity index (χ1) is 11.5. The van der Waals surface area contributed by atoms with Crippen LogP contribution in [0.5, 0.6) is 0 Å². The second-order valence-electron chi connectivity index (χ2n) is 6.26. The number of unbranched alkanes of at least 4 members (excludes halogenated alkanes) is 3.